The smallest absolute Gasteiger partial charge is 0.252 e. The van der Waals surface area contributed by atoms with Crippen molar-refractivity contribution in [3.8, 4) is 0 Å². The van der Waals surface area contributed by atoms with Crippen molar-refractivity contribution in [2.24, 2.45) is 0 Å². The van der Waals surface area contributed by atoms with Crippen molar-refractivity contribution >= 4 is 21.4 Å². The standard InChI is InChI=1S/C11H18F2N2O2S2/c1-8(2)14-6-9-4-5-11(18-9)19(16,17)15(3)7-10(12)13/h4-5,8,10,14H,6-7H2,1-3H3. The number of nitrogens with one attached hydrogen (secondary N) is 1. The molecular weight excluding hydrogens is 294 g/mol. The summed E-state index contributed by atoms with van der Waals surface area (Å²) < 4.78 is 49.2. The van der Waals surface area contributed by atoms with Gasteiger partial charge in [0.1, 0.15) is 4.21 Å². The molecule has 1 aromatic heterocycles. The van der Waals surface area contributed by atoms with Crippen molar-refractivity contribution in [2.45, 2.75) is 37.1 Å². The number of hydrogen-bond donors (Lipinski definition) is 1. The van der Waals surface area contributed by atoms with Gasteiger partial charge in [-0.25, -0.2) is 17.2 Å². The van der Waals surface area contributed by atoms with Crippen LogP contribution in [0.5, 0.6) is 0 Å². The van der Waals surface area contributed by atoms with Crippen molar-refractivity contribution in [1.29, 1.82) is 0 Å². The number of alkyl halides is 2. The molecule has 0 atom stereocenters. The van der Waals surface area contributed by atoms with Gasteiger partial charge in [-0.2, -0.15) is 4.31 Å². The molecule has 0 bridgehead atoms. The topological polar surface area (TPSA) is 49.4 Å². The Hall–Kier alpha value is -0.570. The normalized spacial score (nSPS) is 12.8. The highest BCUT2D eigenvalue weighted by atomic mass is 32.2. The minimum atomic E-state index is -3.81. The van der Waals surface area contributed by atoms with Crippen LogP contribution in [0, 0.1) is 0 Å². The van der Waals surface area contributed by atoms with E-state index in [-0.39, 0.29) is 4.21 Å². The van der Waals surface area contributed by atoms with Crippen LogP contribution in [0.15, 0.2) is 16.3 Å². The molecule has 0 aliphatic rings. The van der Waals surface area contributed by atoms with Crippen molar-refractivity contribution in [1.82, 2.24) is 9.62 Å². The quantitative estimate of drug-likeness (QED) is 0.839. The Morgan fingerprint density at radius 1 is 1.37 bits per heavy atom. The molecule has 0 aliphatic carbocycles. The van der Waals surface area contributed by atoms with E-state index in [2.05, 4.69) is 5.32 Å². The summed E-state index contributed by atoms with van der Waals surface area (Å²) in [6, 6.07) is 3.45. The van der Waals surface area contributed by atoms with Crippen LogP contribution in [0.2, 0.25) is 0 Å². The van der Waals surface area contributed by atoms with Crippen LogP contribution in [0.25, 0.3) is 0 Å². The van der Waals surface area contributed by atoms with Crippen LogP contribution in [-0.2, 0) is 16.6 Å². The van der Waals surface area contributed by atoms with Crippen LogP contribution in [-0.4, -0.2) is 38.8 Å². The molecule has 8 heteroatoms. The molecular formula is C11H18F2N2O2S2. The molecule has 0 saturated heterocycles. The van der Waals surface area contributed by atoms with Gasteiger partial charge in [-0.15, -0.1) is 11.3 Å². The predicted octanol–water partition coefficient (Wildman–Crippen LogP) is 2.13. The van der Waals surface area contributed by atoms with Gasteiger partial charge in [0.15, 0.2) is 0 Å². The second kappa shape index (κ2) is 6.74. The average molecular weight is 312 g/mol. The van der Waals surface area contributed by atoms with Crippen molar-refractivity contribution in [3.05, 3.63) is 17.0 Å². The lowest BCUT2D eigenvalue weighted by atomic mass is 10.4. The van der Waals surface area contributed by atoms with Crippen LogP contribution in [0.1, 0.15) is 18.7 Å². The first-order valence-corrected chi connectivity index (χ1v) is 8.05. The number of rotatable bonds is 7. The van der Waals surface area contributed by atoms with Gasteiger partial charge < -0.3 is 5.32 Å². The molecule has 1 N–H and O–H groups in total. The molecule has 0 aliphatic heterocycles. The summed E-state index contributed by atoms with van der Waals surface area (Å²) in [6.07, 6.45) is -2.68. The maximum atomic E-state index is 12.2. The predicted molar refractivity (Wildman–Crippen MR) is 72.1 cm³/mol. The Kier molecular flexibility index (Phi) is 5.84. The Bertz CT molecular complexity index is 501. The monoisotopic (exact) mass is 312 g/mol. The summed E-state index contributed by atoms with van der Waals surface area (Å²) >= 11 is 1.10. The molecule has 110 valence electrons. The van der Waals surface area contributed by atoms with Crippen LogP contribution in [0.4, 0.5) is 8.78 Å². The van der Waals surface area contributed by atoms with Gasteiger partial charge in [-0.1, -0.05) is 13.8 Å². The van der Waals surface area contributed by atoms with E-state index in [0.717, 1.165) is 23.3 Å². The third kappa shape index (κ3) is 4.79. The lowest BCUT2D eigenvalue weighted by molar-refractivity contribution is 0.126. The molecule has 0 fully saturated rings. The first-order chi connectivity index (χ1) is 8.73. The maximum Gasteiger partial charge on any atom is 0.252 e. The van der Waals surface area contributed by atoms with Crippen LogP contribution >= 0.6 is 11.3 Å². The number of nitrogens with zero attached hydrogens (tertiary/aromatic N) is 1. The minimum absolute atomic E-state index is 0.0937. The van der Waals surface area contributed by atoms with Gasteiger partial charge >= 0.3 is 0 Å². The van der Waals surface area contributed by atoms with Gasteiger partial charge in [-0.05, 0) is 12.1 Å². The highest BCUT2D eigenvalue weighted by Crippen LogP contribution is 2.24. The summed E-state index contributed by atoms with van der Waals surface area (Å²) in [6.45, 7) is 3.75. The summed E-state index contributed by atoms with van der Waals surface area (Å²) in [5.41, 5.74) is 0. The van der Waals surface area contributed by atoms with E-state index >= 15 is 0 Å². The Balaban J connectivity index is 2.79. The van der Waals surface area contributed by atoms with E-state index in [1.54, 1.807) is 6.07 Å². The highest BCUT2D eigenvalue weighted by molar-refractivity contribution is 7.91. The summed E-state index contributed by atoms with van der Waals surface area (Å²) in [7, 11) is -2.65. The SMILES string of the molecule is CC(C)NCc1ccc(S(=O)(=O)N(C)CC(F)F)s1. The largest absolute Gasteiger partial charge is 0.310 e. The molecule has 1 rings (SSSR count). The van der Waals surface area contributed by atoms with Gasteiger partial charge in [-0.3, -0.25) is 0 Å². The number of sulfonamides is 1. The van der Waals surface area contributed by atoms with E-state index in [4.69, 9.17) is 0 Å². The van der Waals surface area contributed by atoms with Crippen LogP contribution in [0.3, 0.4) is 0 Å². The van der Waals surface area contributed by atoms with Crippen molar-refractivity contribution < 1.29 is 17.2 Å². The highest BCUT2D eigenvalue weighted by Gasteiger charge is 2.25. The average Bonchev–Trinajstić information content (AvgIpc) is 2.74. The van der Waals surface area contributed by atoms with Crippen LogP contribution < -0.4 is 5.32 Å². The molecule has 4 nitrogen and oxygen atoms in total. The molecule has 0 amide bonds. The molecule has 0 radical (unpaired) electrons. The fraction of sp³-hybridized carbons (Fsp3) is 0.636. The Labute approximate surface area is 116 Å². The fourth-order valence-corrected chi connectivity index (χ4v) is 4.01. The first-order valence-electron chi connectivity index (χ1n) is 5.80. The molecule has 0 saturated carbocycles. The van der Waals surface area contributed by atoms with E-state index in [1.165, 1.54) is 6.07 Å². The second-order valence-corrected chi connectivity index (χ2v) is 7.87. The lowest BCUT2D eigenvalue weighted by Gasteiger charge is -2.15. The van der Waals surface area contributed by atoms with E-state index in [1.807, 2.05) is 13.8 Å². The molecule has 1 heterocycles. The first kappa shape index (κ1) is 16.5. The van der Waals surface area contributed by atoms with Gasteiger partial charge in [0.05, 0.1) is 6.54 Å². The van der Waals surface area contributed by atoms with Crippen molar-refractivity contribution in [2.75, 3.05) is 13.6 Å². The summed E-state index contributed by atoms with van der Waals surface area (Å²) in [5.74, 6) is 0. The zero-order valence-electron chi connectivity index (χ0n) is 11.1. The number of thiophene rings is 1. The molecule has 0 spiro atoms. The lowest BCUT2D eigenvalue weighted by Crippen LogP contribution is -2.30. The van der Waals surface area contributed by atoms with E-state index in [9.17, 15) is 17.2 Å². The summed E-state index contributed by atoms with van der Waals surface area (Å²) in [4.78, 5) is 0.859. The Morgan fingerprint density at radius 3 is 2.53 bits per heavy atom. The van der Waals surface area contributed by atoms with Gasteiger partial charge in [0.25, 0.3) is 16.4 Å². The molecule has 1 aromatic rings. The zero-order valence-corrected chi connectivity index (χ0v) is 12.7. The fourth-order valence-electron chi connectivity index (χ4n) is 1.34. The summed E-state index contributed by atoms with van der Waals surface area (Å²) in [5, 5.41) is 3.17. The van der Waals surface area contributed by atoms with Gasteiger partial charge in [0, 0.05) is 24.5 Å². The minimum Gasteiger partial charge on any atom is -0.310 e. The molecule has 0 aromatic carbocycles. The molecule has 0 unspecified atom stereocenters. The van der Waals surface area contributed by atoms with Crippen molar-refractivity contribution in [3.63, 3.8) is 0 Å². The third-order valence-corrected chi connectivity index (χ3v) is 5.76. The van der Waals surface area contributed by atoms with Gasteiger partial charge in [0.2, 0.25) is 0 Å². The maximum absolute atomic E-state index is 12.2. The van der Waals surface area contributed by atoms with E-state index < -0.39 is 23.0 Å². The Morgan fingerprint density at radius 2 is 2.00 bits per heavy atom. The number of hydrogen-bond acceptors (Lipinski definition) is 4. The zero-order chi connectivity index (χ0) is 14.6. The van der Waals surface area contributed by atoms with E-state index in [0.29, 0.717) is 16.9 Å². The number of halogens is 2. The molecule has 19 heavy (non-hydrogen) atoms. The second-order valence-electron chi connectivity index (χ2n) is 4.43. The third-order valence-electron chi connectivity index (χ3n) is 2.38.